The van der Waals surface area contributed by atoms with Crippen LogP contribution in [-0.2, 0) is 17.6 Å². The van der Waals surface area contributed by atoms with E-state index in [1.807, 2.05) is 37.3 Å². The molecular formula is C19H23NO. The zero-order valence-corrected chi connectivity index (χ0v) is 12.8. The molecule has 2 aromatic carbocycles. The lowest BCUT2D eigenvalue weighted by atomic mass is 10.0. The highest BCUT2D eigenvalue weighted by atomic mass is 16.1. The summed E-state index contributed by atoms with van der Waals surface area (Å²) in [7, 11) is 0. The molecule has 2 nitrogen and oxygen atoms in total. The van der Waals surface area contributed by atoms with E-state index in [0.717, 1.165) is 18.4 Å². The van der Waals surface area contributed by atoms with Gasteiger partial charge < -0.3 is 5.32 Å². The fraction of sp³-hybridized carbons (Fsp3) is 0.316. The Morgan fingerprint density at radius 3 is 2.43 bits per heavy atom. The van der Waals surface area contributed by atoms with Crippen molar-refractivity contribution in [2.75, 3.05) is 0 Å². The van der Waals surface area contributed by atoms with Crippen molar-refractivity contribution in [2.24, 2.45) is 0 Å². The highest BCUT2D eigenvalue weighted by Crippen LogP contribution is 2.08. The van der Waals surface area contributed by atoms with Crippen LogP contribution in [0.2, 0.25) is 0 Å². The highest BCUT2D eigenvalue weighted by Gasteiger charge is 2.09. The van der Waals surface area contributed by atoms with Gasteiger partial charge in [-0.15, -0.1) is 0 Å². The summed E-state index contributed by atoms with van der Waals surface area (Å²) in [6, 6.07) is 18.6. The van der Waals surface area contributed by atoms with Gasteiger partial charge >= 0.3 is 0 Å². The van der Waals surface area contributed by atoms with Gasteiger partial charge in [-0.05, 0) is 43.4 Å². The Bertz CT molecular complexity index is 577. The van der Waals surface area contributed by atoms with Gasteiger partial charge in [0.25, 0.3) is 0 Å². The number of rotatable bonds is 6. The summed E-state index contributed by atoms with van der Waals surface area (Å²) >= 11 is 0. The lowest BCUT2D eigenvalue weighted by molar-refractivity contribution is -0.121. The highest BCUT2D eigenvalue weighted by molar-refractivity contribution is 5.79. The number of aryl methyl sites for hydroxylation is 2. The molecule has 0 bridgehead atoms. The number of carbonyl (C=O) groups is 1. The fourth-order valence-electron chi connectivity index (χ4n) is 2.41. The van der Waals surface area contributed by atoms with Crippen molar-refractivity contribution < 1.29 is 4.79 Å². The Morgan fingerprint density at radius 1 is 1.05 bits per heavy atom. The van der Waals surface area contributed by atoms with Gasteiger partial charge in [0.2, 0.25) is 5.91 Å². The van der Waals surface area contributed by atoms with Gasteiger partial charge in [-0.2, -0.15) is 0 Å². The molecule has 0 aromatic heterocycles. The van der Waals surface area contributed by atoms with Crippen LogP contribution in [0.3, 0.4) is 0 Å². The minimum absolute atomic E-state index is 0.102. The van der Waals surface area contributed by atoms with Crippen molar-refractivity contribution in [3.63, 3.8) is 0 Å². The van der Waals surface area contributed by atoms with E-state index in [2.05, 4.69) is 36.5 Å². The zero-order valence-electron chi connectivity index (χ0n) is 12.8. The first-order valence-electron chi connectivity index (χ1n) is 7.53. The number of hydrogen-bond donors (Lipinski definition) is 1. The second-order valence-corrected chi connectivity index (χ2v) is 5.60. The summed E-state index contributed by atoms with van der Waals surface area (Å²) < 4.78 is 0. The van der Waals surface area contributed by atoms with Crippen LogP contribution in [0.25, 0.3) is 0 Å². The predicted molar refractivity (Wildman–Crippen MR) is 87.3 cm³/mol. The van der Waals surface area contributed by atoms with E-state index in [9.17, 15) is 4.79 Å². The van der Waals surface area contributed by atoms with Gasteiger partial charge in [0.1, 0.15) is 0 Å². The number of nitrogens with one attached hydrogen (secondary N) is 1. The molecule has 0 spiro atoms. The molecule has 2 rings (SSSR count). The maximum atomic E-state index is 12.1. The fourth-order valence-corrected chi connectivity index (χ4v) is 2.41. The van der Waals surface area contributed by atoms with E-state index in [4.69, 9.17) is 0 Å². The minimum Gasteiger partial charge on any atom is -0.353 e. The molecule has 0 aliphatic carbocycles. The van der Waals surface area contributed by atoms with E-state index < -0.39 is 0 Å². The van der Waals surface area contributed by atoms with E-state index >= 15 is 0 Å². The lowest BCUT2D eigenvalue weighted by Crippen LogP contribution is -2.34. The third kappa shape index (κ3) is 5.07. The Kier molecular flexibility index (Phi) is 5.56. The van der Waals surface area contributed by atoms with E-state index in [1.54, 1.807) is 0 Å². The van der Waals surface area contributed by atoms with Crippen LogP contribution in [-0.4, -0.2) is 11.9 Å². The molecule has 0 saturated heterocycles. The van der Waals surface area contributed by atoms with Crippen molar-refractivity contribution in [1.29, 1.82) is 0 Å². The van der Waals surface area contributed by atoms with Gasteiger partial charge in [0, 0.05) is 6.04 Å². The summed E-state index contributed by atoms with van der Waals surface area (Å²) in [5.74, 6) is 0.102. The molecule has 0 aliphatic rings. The summed E-state index contributed by atoms with van der Waals surface area (Å²) in [6.07, 6.45) is 2.42. The van der Waals surface area contributed by atoms with Crippen molar-refractivity contribution in [2.45, 2.75) is 39.2 Å². The van der Waals surface area contributed by atoms with E-state index in [1.165, 1.54) is 11.1 Å². The molecule has 0 aliphatic heterocycles. The molecule has 1 unspecified atom stereocenters. The second kappa shape index (κ2) is 7.63. The smallest absolute Gasteiger partial charge is 0.224 e. The standard InChI is InChI=1S/C19H23NO/c1-15-8-6-7-11-18(15)14-19(21)20-16(2)12-13-17-9-4-3-5-10-17/h3-11,16H,12-14H2,1-2H3,(H,20,21). The molecule has 110 valence electrons. The molecule has 1 amide bonds. The maximum Gasteiger partial charge on any atom is 0.224 e. The number of hydrogen-bond acceptors (Lipinski definition) is 1. The van der Waals surface area contributed by atoms with Crippen molar-refractivity contribution in [3.8, 4) is 0 Å². The van der Waals surface area contributed by atoms with Gasteiger partial charge in [-0.1, -0.05) is 54.6 Å². The average Bonchev–Trinajstić information content (AvgIpc) is 2.48. The quantitative estimate of drug-likeness (QED) is 0.860. The molecule has 0 saturated carbocycles. The summed E-state index contributed by atoms with van der Waals surface area (Å²) in [5.41, 5.74) is 3.59. The van der Waals surface area contributed by atoms with E-state index in [-0.39, 0.29) is 11.9 Å². The first-order valence-corrected chi connectivity index (χ1v) is 7.53. The number of amides is 1. The zero-order chi connectivity index (χ0) is 15.1. The maximum absolute atomic E-state index is 12.1. The lowest BCUT2D eigenvalue weighted by Gasteiger charge is -2.14. The third-order valence-electron chi connectivity index (χ3n) is 3.73. The summed E-state index contributed by atoms with van der Waals surface area (Å²) in [5, 5.41) is 3.09. The summed E-state index contributed by atoms with van der Waals surface area (Å²) in [6.45, 7) is 4.11. The van der Waals surface area contributed by atoms with Gasteiger partial charge in [-0.25, -0.2) is 0 Å². The monoisotopic (exact) mass is 281 g/mol. The Labute approximate surface area is 127 Å². The molecular weight excluding hydrogens is 258 g/mol. The van der Waals surface area contributed by atoms with Crippen LogP contribution in [0.1, 0.15) is 30.0 Å². The SMILES string of the molecule is Cc1ccccc1CC(=O)NC(C)CCc1ccccc1. The first kappa shape index (κ1) is 15.3. The van der Waals surface area contributed by atoms with Crippen LogP contribution in [0, 0.1) is 6.92 Å². The molecule has 0 heterocycles. The van der Waals surface area contributed by atoms with Crippen LogP contribution in [0.5, 0.6) is 0 Å². The van der Waals surface area contributed by atoms with Crippen molar-refractivity contribution in [3.05, 3.63) is 71.3 Å². The van der Waals surface area contributed by atoms with Crippen molar-refractivity contribution >= 4 is 5.91 Å². The first-order chi connectivity index (χ1) is 10.1. The molecule has 0 radical (unpaired) electrons. The molecule has 21 heavy (non-hydrogen) atoms. The molecule has 1 N–H and O–H groups in total. The molecule has 2 heteroatoms. The Hall–Kier alpha value is -2.09. The predicted octanol–water partition coefficient (Wildman–Crippen LogP) is 3.68. The molecule has 2 aromatic rings. The largest absolute Gasteiger partial charge is 0.353 e. The van der Waals surface area contributed by atoms with Crippen LogP contribution >= 0.6 is 0 Å². The van der Waals surface area contributed by atoms with Crippen molar-refractivity contribution in [1.82, 2.24) is 5.32 Å². The van der Waals surface area contributed by atoms with Gasteiger partial charge in [0.15, 0.2) is 0 Å². The van der Waals surface area contributed by atoms with Crippen LogP contribution in [0.4, 0.5) is 0 Å². The number of benzene rings is 2. The topological polar surface area (TPSA) is 29.1 Å². The average molecular weight is 281 g/mol. The number of carbonyl (C=O) groups excluding carboxylic acids is 1. The molecule has 0 fully saturated rings. The molecule has 1 atom stereocenters. The minimum atomic E-state index is 0.102. The second-order valence-electron chi connectivity index (χ2n) is 5.60. The Morgan fingerprint density at radius 2 is 1.71 bits per heavy atom. The third-order valence-corrected chi connectivity index (χ3v) is 3.73. The van der Waals surface area contributed by atoms with Crippen LogP contribution < -0.4 is 5.32 Å². The van der Waals surface area contributed by atoms with Gasteiger partial charge in [0.05, 0.1) is 6.42 Å². The Balaban J connectivity index is 1.78. The normalized spacial score (nSPS) is 11.9. The van der Waals surface area contributed by atoms with Gasteiger partial charge in [-0.3, -0.25) is 4.79 Å². The van der Waals surface area contributed by atoms with E-state index in [0.29, 0.717) is 6.42 Å². The van der Waals surface area contributed by atoms with Crippen LogP contribution in [0.15, 0.2) is 54.6 Å². The summed E-state index contributed by atoms with van der Waals surface area (Å²) in [4.78, 5) is 12.1.